The van der Waals surface area contributed by atoms with E-state index in [2.05, 4.69) is 82.6 Å². The molecule has 0 aliphatic heterocycles. The molecule has 0 aliphatic carbocycles. The average molecular weight is 307 g/mol. The second kappa shape index (κ2) is 5.70. The van der Waals surface area contributed by atoms with Gasteiger partial charge in [-0.05, 0) is 59.6 Å². The Morgan fingerprint density at radius 2 is 1.39 bits per heavy atom. The van der Waals surface area contributed by atoms with Crippen LogP contribution in [0.1, 0.15) is 45.7 Å². The molecule has 0 saturated heterocycles. The van der Waals surface area contributed by atoms with E-state index < -0.39 is 0 Å². The van der Waals surface area contributed by atoms with Gasteiger partial charge in [0.05, 0.1) is 0 Å². The number of aryl methyl sites for hydroxylation is 1. The third-order valence-corrected chi connectivity index (χ3v) is 4.51. The topological polar surface area (TPSA) is 4.93 Å². The SMILES string of the molecule is CC(C)Cc1ccc2c(c1)c1cc(CC(C)(C)C)ccc1n2C. The van der Waals surface area contributed by atoms with Gasteiger partial charge < -0.3 is 4.57 Å². The molecule has 0 unspecified atom stereocenters. The van der Waals surface area contributed by atoms with Crippen molar-refractivity contribution in [3.05, 3.63) is 47.5 Å². The summed E-state index contributed by atoms with van der Waals surface area (Å²) in [5, 5.41) is 2.80. The van der Waals surface area contributed by atoms with Gasteiger partial charge in [-0.2, -0.15) is 0 Å². The maximum Gasteiger partial charge on any atom is 0.0488 e. The Morgan fingerprint density at radius 3 is 1.91 bits per heavy atom. The zero-order valence-electron chi connectivity index (χ0n) is 15.4. The molecule has 0 spiro atoms. The van der Waals surface area contributed by atoms with E-state index in [1.54, 1.807) is 0 Å². The van der Waals surface area contributed by atoms with Gasteiger partial charge in [-0.3, -0.25) is 0 Å². The summed E-state index contributed by atoms with van der Waals surface area (Å²) in [6.07, 6.45) is 2.26. The monoisotopic (exact) mass is 307 g/mol. The molecule has 0 radical (unpaired) electrons. The van der Waals surface area contributed by atoms with Gasteiger partial charge in [-0.15, -0.1) is 0 Å². The smallest absolute Gasteiger partial charge is 0.0488 e. The summed E-state index contributed by atoms with van der Waals surface area (Å²) in [6.45, 7) is 11.5. The Bertz CT molecular complexity index is 844. The summed E-state index contributed by atoms with van der Waals surface area (Å²) in [5.41, 5.74) is 5.87. The number of fused-ring (bicyclic) bond motifs is 3. The molecule has 1 aromatic heterocycles. The predicted molar refractivity (Wildman–Crippen MR) is 102 cm³/mol. The van der Waals surface area contributed by atoms with Crippen LogP contribution in [0.15, 0.2) is 36.4 Å². The first-order valence-corrected chi connectivity index (χ1v) is 8.74. The van der Waals surface area contributed by atoms with E-state index in [9.17, 15) is 0 Å². The third kappa shape index (κ3) is 3.29. The molecule has 0 N–H and O–H groups in total. The van der Waals surface area contributed by atoms with Gasteiger partial charge in [0.15, 0.2) is 0 Å². The molecule has 0 atom stereocenters. The lowest BCUT2D eigenvalue weighted by molar-refractivity contribution is 0.411. The molecule has 1 heteroatoms. The molecule has 0 fully saturated rings. The Hall–Kier alpha value is -1.76. The first kappa shape index (κ1) is 16.1. The minimum Gasteiger partial charge on any atom is -0.344 e. The zero-order chi connectivity index (χ0) is 16.8. The molecule has 3 rings (SSSR count). The minimum atomic E-state index is 0.320. The van der Waals surface area contributed by atoms with Crippen molar-refractivity contribution in [1.82, 2.24) is 4.57 Å². The van der Waals surface area contributed by atoms with Gasteiger partial charge in [0.1, 0.15) is 0 Å². The van der Waals surface area contributed by atoms with Crippen LogP contribution in [0.4, 0.5) is 0 Å². The van der Waals surface area contributed by atoms with Crippen molar-refractivity contribution >= 4 is 21.8 Å². The highest BCUT2D eigenvalue weighted by Crippen LogP contribution is 2.31. The fourth-order valence-corrected chi connectivity index (χ4v) is 3.63. The largest absolute Gasteiger partial charge is 0.344 e. The van der Waals surface area contributed by atoms with E-state index >= 15 is 0 Å². The van der Waals surface area contributed by atoms with Crippen molar-refractivity contribution in [2.24, 2.45) is 18.4 Å². The van der Waals surface area contributed by atoms with Crippen LogP contribution in [0, 0.1) is 11.3 Å². The highest BCUT2D eigenvalue weighted by molar-refractivity contribution is 6.08. The molecule has 2 aromatic carbocycles. The van der Waals surface area contributed by atoms with Crippen molar-refractivity contribution in [2.45, 2.75) is 47.5 Å². The Labute approximate surface area is 140 Å². The van der Waals surface area contributed by atoms with E-state index in [1.807, 2.05) is 0 Å². The standard InChI is InChI=1S/C22H29N/c1-15(2)11-16-7-9-20-18(12-16)19-13-17(14-22(3,4)5)8-10-21(19)23(20)6/h7-10,12-13,15H,11,14H2,1-6H3. The molecule has 0 amide bonds. The molecule has 0 saturated carbocycles. The minimum absolute atomic E-state index is 0.320. The number of benzene rings is 2. The maximum atomic E-state index is 2.40. The lowest BCUT2D eigenvalue weighted by Crippen LogP contribution is -2.08. The summed E-state index contributed by atoms with van der Waals surface area (Å²) in [4.78, 5) is 0. The molecular weight excluding hydrogens is 278 g/mol. The van der Waals surface area contributed by atoms with Crippen LogP contribution >= 0.6 is 0 Å². The first-order valence-electron chi connectivity index (χ1n) is 8.74. The van der Waals surface area contributed by atoms with Gasteiger partial charge in [0, 0.05) is 28.9 Å². The molecule has 23 heavy (non-hydrogen) atoms. The average Bonchev–Trinajstić information content (AvgIpc) is 2.69. The van der Waals surface area contributed by atoms with Crippen molar-refractivity contribution in [3.63, 3.8) is 0 Å². The Balaban J connectivity index is 2.17. The highest BCUT2D eigenvalue weighted by Gasteiger charge is 2.14. The number of hydrogen-bond acceptors (Lipinski definition) is 0. The number of rotatable bonds is 3. The van der Waals surface area contributed by atoms with Gasteiger partial charge in [0.2, 0.25) is 0 Å². The molecular formula is C22H29N. The van der Waals surface area contributed by atoms with Crippen LogP contribution in [-0.4, -0.2) is 4.57 Å². The van der Waals surface area contributed by atoms with Crippen molar-refractivity contribution in [3.8, 4) is 0 Å². The molecule has 122 valence electrons. The normalized spacial score (nSPS) is 12.7. The number of nitrogens with zero attached hydrogens (tertiary/aromatic N) is 1. The van der Waals surface area contributed by atoms with E-state index in [4.69, 9.17) is 0 Å². The summed E-state index contributed by atoms with van der Waals surface area (Å²) >= 11 is 0. The lowest BCUT2D eigenvalue weighted by atomic mass is 9.88. The number of hydrogen-bond donors (Lipinski definition) is 0. The van der Waals surface area contributed by atoms with Crippen LogP contribution in [0.2, 0.25) is 0 Å². The van der Waals surface area contributed by atoms with Crippen LogP contribution in [-0.2, 0) is 19.9 Å². The van der Waals surface area contributed by atoms with E-state index in [0.717, 1.165) is 12.8 Å². The van der Waals surface area contributed by atoms with Crippen LogP contribution in [0.25, 0.3) is 21.8 Å². The quantitative estimate of drug-likeness (QED) is 0.549. The van der Waals surface area contributed by atoms with Gasteiger partial charge >= 0.3 is 0 Å². The highest BCUT2D eigenvalue weighted by atomic mass is 14.9. The van der Waals surface area contributed by atoms with Gasteiger partial charge in [-0.25, -0.2) is 0 Å². The van der Waals surface area contributed by atoms with Crippen LogP contribution in [0.5, 0.6) is 0 Å². The van der Waals surface area contributed by atoms with E-state index in [1.165, 1.54) is 32.9 Å². The van der Waals surface area contributed by atoms with Crippen molar-refractivity contribution in [1.29, 1.82) is 0 Å². The predicted octanol–water partition coefficient (Wildman–Crippen LogP) is 6.12. The van der Waals surface area contributed by atoms with E-state index in [0.29, 0.717) is 11.3 Å². The second-order valence-electron chi connectivity index (χ2n) is 8.60. The Kier molecular flexibility index (Phi) is 4.00. The first-order chi connectivity index (χ1) is 10.7. The van der Waals surface area contributed by atoms with Crippen molar-refractivity contribution < 1.29 is 0 Å². The fraction of sp³-hybridized carbons (Fsp3) is 0.455. The van der Waals surface area contributed by atoms with Crippen LogP contribution in [0.3, 0.4) is 0 Å². The van der Waals surface area contributed by atoms with Crippen LogP contribution < -0.4 is 0 Å². The molecule has 0 bridgehead atoms. The summed E-state index contributed by atoms with van der Waals surface area (Å²) in [7, 11) is 2.18. The van der Waals surface area contributed by atoms with E-state index in [-0.39, 0.29) is 0 Å². The number of aromatic nitrogens is 1. The molecule has 1 heterocycles. The summed E-state index contributed by atoms with van der Waals surface area (Å²) in [5.74, 6) is 0.693. The second-order valence-corrected chi connectivity index (χ2v) is 8.60. The van der Waals surface area contributed by atoms with Crippen molar-refractivity contribution in [2.75, 3.05) is 0 Å². The molecule has 1 nitrogen and oxygen atoms in total. The summed E-state index contributed by atoms with van der Waals surface area (Å²) in [6, 6.07) is 14.0. The zero-order valence-corrected chi connectivity index (χ0v) is 15.4. The van der Waals surface area contributed by atoms with Gasteiger partial charge in [-0.1, -0.05) is 46.8 Å². The molecule has 0 aliphatic rings. The fourth-order valence-electron chi connectivity index (χ4n) is 3.63. The van der Waals surface area contributed by atoms with Gasteiger partial charge in [0.25, 0.3) is 0 Å². The molecule has 3 aromatic rings. The maximum absolute atomic E-state index is 2.40. The lowest BCUT2D eigenvalue weighted by Gasteiger charge is -2.18. The third-order valence-electron chi connectivity index (χ3n) is 4.51. The summed E-state index contributed by atoms with van der Waals surface area (Å²) < 4.78 is 2.32. The Morgan fingerprint density at radius 1 is 0.870 bits per heavy atom.